The van der Waals surface area contributed by atoms with Crippen LogP contribution in [-0.2, 0) is 4.79 Å². The SMILES string of the molecule is CCCCC/C=C/C/C=C/CCCCCCCC(=O)NCCO. The van der Waals surface area contributed by atoms with Crippen LogP contribution in [0.1, 0.15) is 84.0 Å². The largest absolute Gasteiger partial charge is 0.395 e. The van der Waals surface area contributed by atoms with E-state index in [1.165, 1.54) is 51.4 Å². The van der Waals surface area contributed by atoms with E-state index in [1.807, 2.05) is 0 Å². The Hall–Kier alpha value is -1.09. The van der Waals surface area contributed by atoms with E-state index < -0.39 is 0 Å². The smallest absolute Gasteiger partial charge is 0.220 e. The number of hydrogen-bond donors (Lipinski definition) is 2. The normalized spacial score (nSPS) is 11.6. The van der Waals surface area contributed by atoms with Crippen LogP contribution in [0.15, 0.2) is 24.3 Å². The number of aliphatic hydroxyl groups is 1. The molecule has 0 unspecified atom stereocenters. The molecule has 0 aromatic carbocycles. The Bertz CT molecular complexity index is 311. The zero-order valence-corrected chi connectivity index (χ0v) is 15.1. The lowest BCUT2D eigenvalue weighted by atomic mass is 10.1. The van der Waals surface area contributed by atoms with Gasteiger partial charge in [0, 0.05) is 13.0 Å². The van der Waals surface area contributed by atoms with Crippen molar-refractivity contribution >= 4 is 5.91 Å². The van der Waals surface area contributed by atoms with Crippen molar-refractivity contribution in [2.45, 2.75) is 84.0 Å². The fourth-order valence-corrected chi connectivity index (χ4v) is 2.38. The van der Waals surface area contributed by atoms with Gasteiger partial charge in [0.25, 0.3) is 0 Å². The number of unbranched alkanes of at least 4 members (excludes halogenated alkanes) is 8. The Morgan fingerprint density at radius 3 is 2.13 bits per heavy atom. The van der Waals surface area contributed by atoms with E-state index in [-0.39, 0.29) is 12.5 Å². The lowest BCUT2D eigenvalue weighted by Gasteiger charge is -2.03. The Morgan fingerprint density at radius 1 is 0.870 bits per heavy atom. The number of aliphatic hydroxyl groups excluding tert-OH is 1. The third kappa shape index (κ3) is 18.9. The van der Waals surface area contributed by atoms with E-state index in [4.69, 9.17) is 5.11 Å². The van der Waals surface area contributed by atoms with Crippen LogP contribution >= 0.6 is 0 Å². The molecule has 0 aromatic heterocycles. The Balaban J connectivity index is 3.23. The van der Waals surface area contributed by atoms with E-state index >= 15 is 0 Å². The van der Waals surface area contributed by atoms with Crippen LogP contribution in [0.4, 0.5) is 0 Å². The van der Waals surface area contributed by atoms with E-state index in [2.05, 4.69) is 36.5 Å². The maximum Gasteiger partial charge on any atom is 0.220 e. The summed E-state index contributed by atoms with van der Waals surface area (Å²) in [5, 5.41) is 11.3. The van der Waals surface area contributed by atoms with Gasteiger partial charge >= 0.3 is 0 Å². The molecule has 0 spiro atoms. The molecule has 23 heavy (non-hydrogen) atoms. The van der Waals surface area contributed by atoms with Crippen molar-refractivity contribution in [1.29, 1.82) is 0 Å². The number of allylic oxidation sites excluding steroid dienone is 4. The van der Waals surface area contributed by atoms with Gasteiger partial charge in [0.15, 0.2) is 0 Å². The lowest BCUT2D eigenvalue weighted by molar-refractivity contribution is -0.121. The average molecular weight is 324 g/mol. The minimum atomic E-state index is 0.0217. The van der Waals surface area contributed by atoms with Gasteiger partial charge in [0.1, 0.15) is 0 Å². The van der Waals surface area contributed by atoms with Gasteiger partial charge in [-0.1, -0.05) is 63.3 Å². The van der Waals surface area contributed by atoms with Crippen LogP contribution < -0.4 is 5.32 Å². The minimum absolute atomic E-state index is 0.0217. The van der Waals surface area contributed by atoms with E-state index in [0.717, 1.165) is 19.3 Å². The van der Waals surface area contributed by atoms with Gasteiger partial charge in [-0.25, -0.2) is 0 Å². The number of amides is 1. The summed E-state index contributed by atoms with van der Waals surface area (Å²) < 4.78 is 0. The first-order chi connectivity index (χ1) is 11.3. The quantitative estimate of drug-likeness (QED) is 0.313. The van der Waals surface area contributed by atoms with Crippen LogP contribution in [0.25, 0.3) is 0 Å². The molecule has 2 N–H and O–H groups in total. The Morgan fingerprint density at radius 2 is 1.48 bits per heavy atom. The van der Waals surface area contributed by atoms with Gasteiger partial charge < -0.3 is 10.4 Å². The summed E-state index contributed by atoms with van der Waals surface area (Å²) in [5.74, 6) is 0.0599. The van der Waals surface area contributed by atoms with Crippen LogP contribution in [0.2, 0.25) is 0 Å². The van der Waals surface area contributed by atoms with Crippen molar-refractivity contribution in [3.63, 3.8) is 0 Å². The van der Waals surface area contributed by atoms with Gasteiger partial charge in [-0.3, -0.25) is 4.79 Å². The lowest BCUT2D eigenvalue weighted by Crippen LogP contribution is -2.25. The highest BCUT2D eigenvalue weighted by Crippen LogP contribution is 2.08. The number of carbonyl (C=O) groups excluding carboxylic acids is 1. The molecule has 134 valence electrons. The molecular formula is C20H37NO2. The van der Waals surface area contributed by atoms with E-state index in [9.17, 15) is 4.79 Å². The molecule has 0 aliphatic heterocycles. The molecule has 0 atom stereocenters. The van der Waals surface area contributed by atoms with Gasteiger partial charge in [0.2, 0.25) is 5.91 Å². The third-order valence-electron chi connectivity index (χ3n) is 3.79. The van der Waals surface area contributed by atoms with Crippen molar-refractivity contribution in [3.8, 4) is 0 Å². The predicted octanol–water partition coefficient (Wildman–Crippen LogP) is 4.91. The second-order valence-electron chi connectivity index (χ2n) is 6.05. The standard InChI is InChI=1S/C20H37NO2/c1-2-3-4-5-6-7-8-9-10-11-12-13-14-15-16-17-20(23)21-18-19-22/h6-7,9-10,22H,2-5,8,11-19H2,1H3,(H,21,23)/b7-6+,10-9+. The minimum Gasteiger partial charge on any atom is -0.395 e. The number of rotatable bonds is 16. The molecule has 0 saturated heterocycles. The molecule has 0 rings (SSSR count). The van der Waals surface area contributed by atoms with E-state index in [1.54, 1.807) is 0 Å². The monoisotopic (exact) mass is 323 g/mol. The molecule has 0 bridgehead atoms. The van der Waals surface area contributed by atoms with Crippen molar-refractivity contribution < 1.29 is 9.90 Å². The van der Waals surface area contributed by atoms with Crippen molar-refractivity contribution in [2.24, 2.45) is 0 Å². The summed E-state index contributed by atoms with van der Waals surface area (Å²) in [4.78, 5) is 11.3. The van der Waals surface area contributed by atoms with Crippen molar-refractivity contribution in [3.05, 3.63) is 24.3 Å². The molecule has 0 aliphatic carbocycles. The highest BCUT2D eigenvalue weighted by atomic mass is 16.3. The second kappa shape index (κ2) is 19.0. The van der Waals surface area contributed by atoms with Crippen molar-refractivity contribution in [1.82, 2.24) is 5.32 Å². The first-order valence-corrected chi connectivity index (χ1v) is 9.48. The summed E-state index contributed by atoms with van der Waals surface area (Å²) in [7, 11) is 0. The molecule has 0 saturated carbocycles. The molecule has 0 aliphatic rings. The summed E-state index contributed by atoms with van der Waals surface area (Å²) in [6.45, 7) is 2.63. The topological polar surface area (TPSA) is 49.3 Å². The summed E-state index contributed by atoms with van der Waals surface area (Å²) in [5.41, 5.74) is 0. The molecule has 3 heteroatoms. The Kier molecular flexibility index (Phi) is 18.1. The maximum absolute atomic E-state index is 11.3. The number of nitrogens with one attached hydrogen (secondary N) is 1. The maximum atomic E-state index is 11.3. The van der Waals surface area contributed by atoms with Crippen LogP contribution in [0.5, 0.6) is 0 Å². The second-order valence-corrected chi connectivity index (χ2v) is 6.05. The molecular weight excluding hydrogens is 286 g/mol. The third-order valence-corrected chi connectivity index (χ3v) is 3.79. The highest BCUT2D eigenvalue weighted by molar-refractivity contribution is 5.75. The molecule has 0 aromatic rings. The van der Waals surface area contributed by atoms with Crippen LogP contribution in [-0.4, -0.2) is 24.2 Å². The summed E-state index contributed by atoms with van der Waals surface area (Å²) in [6.07, 6.45) is 22.9. The van der Waals surface area contributed by atoms with E-state index in [0.29, 0.717) is 13.0 Å². The van der Waals surface area contributed by atoms with Gasteiger partial charge in [-0.2, -0.15) is 0 Å². The van der Waals surface area contributed by atoms with Gasteiger partial charge in [-0.15, -0.1) is 0 Å². The van der Waals surface area contributed by atoms with Crippen molar-refractivity contribution in [2.75, 3.05) is 13.2 Å². The van der Waals surface area contributed by atoms with Crippen LogP contribution in [0.3, 0.4) is 0 Å². The molecule has 0 radical (unpaired) electrons. The molecule has 0 heterocycles. The zero-order chi connectivity index (χ0) is 17.0. The molecule has 1 amide bonds. The molecule has 0 fully saturated rings. The molecule has 3 nitrogen and oxygen atoms in total. The van der Waals surface area contributed by atoms with Crippen LogP contribution in [0, 0.1) is 0 Å². The first-order valence-electron chi connectivity index (χ1n) is 9.48. The Labute approximate surface area is 143 Å². The first kappa shape index (κ1) is 21.9. The predicted molar refractivity (Wildman–Crippen MR) is 99.5 cm³/mol. The number of hydrogen-bond acceptors (Lipinski definition) is 2. The number of carbonyl (C=O) groups is 1. The fraction of sp³-hybridized carbons (Fsp3) is 0.750. The summed E-state index contributed by atoms with van der Waals surface area (Å²) in [6, 6.07) is 0. The zero-order valence-electron chi connectivity index (χ0n) is 15.1. The highest BCUT2D eigenvalue weighted by Gasteiger charge is 1.99. The van der Waals surface area contributed by atoms with Gasteiger partial charge in [-0.05, 0) is 38.5 Å². The average Bonchev–Trinajstić information content (AvgIpc) is 2.56. The fourth-order valence-electron chi connectivity index (χ4n) is 2.38. The van der Waals surface area contributed by atoms with Gasteiger partial charge in [0.05, 0.1) is 6.61 Å². The summed E-state index contributed by atoms with van der Waals surface area (Å²) >= 11 is 0.